The van der Waals surface area contributed by atoms with Crippen LogP contribution in [0, 0.1) is 17.1 Å². The van der Waals surface area contributed by atoms with Gasteiger partial charge in [0, 0.05) is 4.90 Å². The highest BCUT2D eigenvalue weighted by Gasteiger charge is 2.08. The van der Waals surface area contributed by atoms with E-state index in [-0.39, 0.29) is 18.1 Å². The molecule has 22 heavy (non-hydrogen) atoms. The molecule has 0 aromatic heterocycles. The Morgan fingerprint density at radius 3 is 2.55 bits per heavy atom. The second kappa shape index (κ2) is 8.05. The van der Waals surface area contributed by atoms with Gasteiger partial charge in [-0.25, -0.2) is 4.39 Å². The molecular weight excluding hydrogens is 301 g/mol. The number of halogens is 1. The highest BCUT2D eigenvalue weighted by Crippen LogP contribution is 2.26. The summed E-state index contributed by atoms with van der Waals surface area (Å²) in [7, 11) is 0. The van der Waals surface area contributed by atoms with Crippen molar-refractivity contribution in [2.75, 3.05) is 22.9 Å². The number of benzene rings is 2. The van der Waals surface area contributed by atoms with Crippen molar-refractivity contribution >= 4 is 29.0 Å². The molecule has 0 aliphatic carbocycles. The van der Waals surface area contributed by atoms with E-state index in [0.29, 0.717) is 11.4 Å². The number of thioether (sulfide) groups is 1. The summed E-state index contributed by atoms with van der Waals surface area (Å²) in [6.07, 6.45) is 0. The van der Waals surface area contributed by atoms with E-state index in [1.165, 1.54) is 17.8 Å². The molecule has 112 valence electrons. The summed E-state index contributed by atoms with van der Waals surface area (Å²) in [4.78, 5) is 12.8. The van der Waals surface area contributed by atoms with Crippen LogP contribution < -0.4 is 10.6 Å². The van der Waals surface area contributed by atoms with Gasteiger partial charge in [-0.15, -0.1) is 11.8 Å². The minimum atomic E-state index is -0.403. The highest BCUT2D eigenvalue weighted by molar-refractivity contribution is 7.99. The number of hydrogen-bond donors (Lipinski definition) is 2. The van der Waals surface area contributed by atoms with Crippen molar-refractivity contribution in [1.29, 1.82) is 5.26 Å². The summed E-state index contributed by atoms with van der Waals surface area (Å²) in [5, 5.41) is 14.1. The Hall–Kier alpha value is -2.52. The van der Waals surface area contributed by atoms with Gasteiger partial charge in [-0.3, -0.25) is 4.79 Å². The van der Waals surface area contributed by atoms with Crippen LogP contribution >= 0.6 is 11.8 Å². The number of carbonyl (C=O) groups is 1. The molecule has 0 aliphatic rings. The van der Waals surface area contributed by atoms with Crippen LogP contribution in [-0.4, -0.2) is 18.2 Å². The first-order chi connectivity index (χ1) is 10.7. The summed E-state index contributed by atoms with van der Waals surface area (Å²) in [5.41, 5.74) is 0.924. The van der Waals surface area contributed by atoms with E-state index in [4.69, 9.17) is 5.26 Å². The Morgan fingerprint density at radius 2 is 1.82 bits per heavy atom. The summed E-state index contributed by atoms with van der Waals surface area (Å²) >= 11 is 1.35. The van der Waals surface area contributed by atoms with E-state index in [1.54, 1.807) is 30.3 Å². The van der Waals surface area contributed by atoms with E-state index in [9.17, 15) is 9.18 Å². The fourth-order valence-electron chi connectivity index (χ4n) is 1.78. The van der Waals surface area contributed by atoms with Gasteiger partial charge < -0.3 is 10.6 Å². The van der Waals surface area contributed by atoms with Crippen LogP contribution in [-0.2, 0) is 4.79 Å². The number of carbonyl (C=O) groups excluding carboxylic acids is 1. The van der Waals surface area contributed by atoms with Crippen LogP contribution in [0.2, 0.25) is 0 Å². The zero-order chi connectivity index (χ0) is 15.8. The molecule has 0 heterocycles. The number of nitriles is 1. The topological polar surface area (TPSA) is 64.9 Å². The fourth-order valence-corrected chi connectivity index (χ4v) is 2.45. The smallest absolute Gasteiger partial charge is 0.243 e. The molecule has 2 aromatic rings. The molecule has 0 saturated heterocycles. The van der Waals surface area contributed by atoms with Crippen molar-refractivity contribution in [3.63, 3.8) is 0 Å². The molecular formula is C16H14FN3OS. The van der Waals surface area contributed by atoms with Crippen molar-refractivity contribution in [1.82, 2.24) is 0 Å². The van der Waals surface area contributed by atoms with Gasteiger partial charge in [0.2, 0.25) is 5.91 Å². The zero-order valence-electron chi connectivity index (χ0n) is 11.7. The van der Waals surface area contributed by atoms with Gasteiger partial charge in [-0.2, -0.15) is 5.26 Å². The van der Waals surface area contributed by atoms with Crippen LogP contribution in [0.1, 0.15) is 0 Å². The molecule has 0 bridgehead atoms. The molecule has 0 spiro atoms. The van der Waals surface area contributed by atoms with E-state index < -0.39 is 5.82 Å². The molecule has 2 aromatic carbocycles. The maximum Gasteiger partial charge on any atom is 0.243 e. The monoisotopic (exact) mass is 315 g/mol. The van der Waals surface area contributed by atoms with Crippen LogP contribution in [0.3, 0.4) is 0 Å². The molecule has 0 fully saturated rings. The Bertz CT molecular complexity index is 700. The predicted molar refractivity (Wildman–Crippen MR) is 86.3 cm³/mol. The lowest BCUT2D eigenvalue weighted by atomic mass is 10.3. The molecule has 0 unspecified atom stereocenters. The normalized spacial score (nSPS) is 9.82. The van der Waals surface area contributed by atoms with E-state index >= 15 is 0 Å². The Balaban J connectivity index is 1.95. The zero-order valence-corrected chi connectivity index (χ0v) is 12.5. The number of nitrogens with one attached hydrogen (secondary N) is 2. The van der Waals surface area contributed by atoms with Gasteiger partial charge in [0.25, 0.3) is 0 Å². The quantitative estimate of drug-likeness (QED) is 0.801. The van der Waals surface area contributed by atoms with Gasteiger partial charge in [0.1, 0.15) is 5.82 Å². The lowest BCUT2D eigenvalue weighted by molar-refractivity contribution is -0.114. The highest BCUT2D eigenvalue weighted by atomic mass is 32.2. The van der Waals surface area contributed by atoms with Gasteiger partial charge in [-0.05, 0) is 24.3 Å². The van der Waals surface area contributed by atoms with E-state index in [1.807, 2.05) is 18.2 Å². The largest absolute Gasteiger partial charge is 0.374 e. The maximum absolute atomic E-state index is 13.4. The van der Waals surface area contributed by atoms with Gasteiger partial charge >= 0.3 is 0 Å². The van der Waals surface area contributed by atoms with Crippen molar-refractivity contribution in [2.45, 2.75) is 4.90 Å². The van der Waals surface area contributed by atoms with Crippen LogP contribution in [0.5, 0.6) is 0 Å². The molecule has 0 saturated carbocycles. The second-order valence-corrected chi connectivity index (χ2v) is 5.34. The number of amides is 1. The molecule has 4 nitrogen and oxygen atoms in total. The average Bonchev–Trinajstić information content (AvgIpc) is 2.53. The third kappa shape index (κ3) is 4.50. The number of anilines is 2. The Kier molecular flexibility index (Phi) is 5.81. The average molecular weight is 315 g/mol. The number of para-hydroxylation sites is 2. The first-order valence-corrected chi connectivity index (χ1v) is 7.56. The summed E-state index contributed by atoms with van der Waals surface area (Å²) in [5.74, 6) is -0.381. The Labute approximate surface area is 132 Å². The second-order valence-electron chi connectivity index (χ2n) is 4.32. The van der Waals surface area contributed by atoms with Gasteiger partial charge in [0.05, 0.1) is 29.7 Å². The first kappa shape index (κ1) is 15.9. The van der Waals surface area contributed by atoms with Crippen LogP contribution in [0.4, 0.5) is 15.8 Å². The van der Waals surface area contributed by atoms with Crippen LogP contribution in [0.25, 0.3) is 0 Å². The number of rotatable bonds is 6. The minimum absolute atomic E-state index is 0.0435. The maximum atomic E-state index is 13.4. The molecule has 1 amide bonds. The van der Waals surface area contributed by atoms with Gasteiger partial charge in [0.15, 0.2) is 0 Å². The molecule has 0 atom stereocenters. The summed E-state index contributed by atoms with van der Waals surface area (Å²) < 4.78 is 13.4. The third-order valence-electron chi connectivity index (χ3n) is 2.77. The first-order valence-electron chi connectivity index (χ1n) is 6.57. The number of hydrogen-bond acceptors (Lipinski definition) is 4. The SMILES string of the molecule is N#CCSc1ccccc1NC(=O)CNc1ccccc1F. The summed E-state index contributed by atoms with van der Waals surface area (Å²) in [6, 6.07) is 15.5. The van der Waals surface area contributed by atoms with E-state index in [2.05, 4.69) is 10.6 Å². The fraction of sp³-hybridized carbons (Fsp3) is 0.125. The van der Waals surface area contributed by atoms with Crippen molar-refractivity contribution in [2.24, 2.45) is 0 Å². The number of nitrogens with zero attached hydrogens (tertiary/aromatic N) is 1. The van der Waals surface area contributed by atoms with Crippen molar-refractivity contribution in [3.05, 3.63) is 54.3 Å². The van der Waals surface area contributed by atoms with Crippen molar-refractivity contribution in [3.8, 4) is 6.07 Å². The molecule has 0 radical (unpaired) electrons. The van der Waals surface area contributed by atoms with Gasteiger partial charge in [-0.1, -0.05) is 24.3 Å². The lowest BCUT2D eigenvalue weighted by Gasteiger charge is -2.11. The van der Waals surface area contributed by atoms with Crippen LogP contribution in [0.15, 0.2) is 53.4 Å². The van der Waals surface area contributed by atoms with Crippen molar-refractivity contribution < 1.29 is 9.18 Å². The third-order valence-corrected chi connectivity index (χ3v) is 3.71. The van der Waals surface area contributed by atoms with E-state index in [0.717, 1.165) is 4.90 Å². The molecule has 6 heteroatoms. The summed E-state index contributed by atoms with van der Waals surface area (Å²) in [6.45, 7) is -0.0435. The molecule has 2 N–H and O–H groups in total. The predicted octanol–water partition coefficient (Wildman–Crippen LogP) is 3.49. The standard InChI is InChI=1S/C16H14FN3OS/c17-12-5-1-2-6-13(12)19-11-16(21)20-14-7-3-4-8-15(14)22-10-9-18/h1-8,19H,10-11H2,(H,20,21). The minimum Gasteiger partial charge on any atom is -0.374 e. The molecule has 2 rings (SSSR count). The molecule has 0 aliphatic heterocycles. The Morgan fingerprint density at radius 1 is 1.14 bits per heavy atom. The lowest BCUT2D eigenvalue weighted by Crippen LogP contribution is -2.22.